The van der Waals surface area contributed by atoms with Crippen LogP contribution in [0.15, 0.2) is 35.9 Å². The molecule has 0 fully saturated rings. The summed E-state index contributed by atoms with van der Waals surface area (Å²) in [7, 11) is 0. The summed E-state index contributed by atoms with van der Waals surface area (Å²) in [5, 5.41) is 2.15. The molecular weight excluding hydrogens is 364 g/mol. The summed E-state index contributed by atoms with van der Waals surface area (Å²) in [5.74, 6) is 1.87. The number of rotatable bonds is 12. The molecular formula is C25H34O4. The largest absolute Gasteiger partial charge is 0.467 e. The molecule has 0 aliphatic heterocycles. The molecule has 0 atom stereocenters. The molecule has 0 N–H and O–H groups in total. The molecule has 1 aliphatic carbocycles. The van der Waals surface area contributed by atoms with E-state index in [0.717, 1.165) is 41.5 Å². The number of unbranched alkanes of at least 4 members (excludes halogenated alkanes) is 2. The zero-order valence-corrected chi connectivity index (χ0v) is 18.1. The van der Waals surface area contributed by atoms with Gasteiger partial charge in [-0.2, -0.15) is 0 Å². The Labute approximate surface area is 174 Å². The Morgan fingerprint density at radius 3 is 2.00 bits per heavy atom. The van der Waals surface area contributed by atoms with Crippen LogP contribution in [0.1, 0.15) is 57.6 Å². The zero-order valence-electron chi connectivity index (χ0n) is 18.1. The van der Waals surface area contributed by atoms with E-state index in [9.17, 15) is 0 Å². The first-order valence-electron chi connectivity index (χ1n) is 11.0. The fraction of sp³-hybridized carbons (Fsp3) is 0.520. The standard InChI is InChI=1S/C25H34O4/c1-4-7-8-11-19-14-15-22-23(16-19)25(29-18-27-6-3)21-13-10-9-12-20(21)24(22)28-17-26-5-2/h9-10,12-14H,4-8,11,15-18H2,1-3H3. The number of hydrogen-bond donors (Lipinski definition) is 0. The van der Waals surface area contributed by atoms with Crippen LogP contribution in [0, 0.1) is 0 Å². The van der Waals surface area contributed by atoms with Crippen LogP contribution in [0.2, 0.25) is 0 Å². The molecule has 0 radical (unpaired) electrons. The molecule has 4 heteroatoms. The first-order valence-corrected chi connectivity index (χ1v) is 11.0. The van der Waals surface area contributed by atoms with Gasteiger partial charge in [0, 0.05) is 35.1 Å². The van der Waals surface area contributed by atoms with Gasteiger partial charge in [0.1, 0.15) is 11.5 Å². The smallest absolute Gasteiger partial charge is 0.189 e. The minimum absolute atomic E-state index is 0.263. The average molecular weight is 399 g/mol. The molecule has 29 heavy (non-hydrogen) atoms. The molecule has 0 spiro atoms. The van der Waals surface area contributed by atoms with Gasteiger partial charge in [-0.3, -0.25) is 0 Å². The Bertz CT molecular complexity index is 825. The molecule has 0 heterocycles. The van der Waals surface area contributed by atoms with Gasteiger partial charge < -0.3 is 18.9 Å². The Morgan fingerprint density at radius 2 is 1.41 bits per heavy atom. The van der Waals surface area contributed by atoms with Crippen molar-refractivity contribution in [3.05, 3.63) is 47.0 Å². The van der Waals surface area contributed by atoms with Gasteiger partial charge in [-0.1, -0.05) is 55.7 Å². The van der Waals surface area contributed by atoms with Crippen molar-refractivity contribution in [2.45, 2.75) is 59.3 Å². The molecule has 0 unspecified atom stereocenters. The molecule has 0 saturated carbocycles. The maximum Gasteiger partial charge on any atom is 0.189 e. The summed E-state index contributed by atoms with van der Waals surface area (Å²) in [5.41, 5.74) is 3.95. The Morgan fingerprint density at radius 1 is 0.793 bits per heavy atom. The maximum atomic E-state index is 6.18. The van der Waals surface area contributed by atoms with Crippen molar-refractivity contribution < 1.29 is 18.9 Å². The fourth-order valence-electron chi connectivity index (χ4n) is 3.92. The van der Waals surface area contributed by atoms with Crippen LogP contribution >= 0.6 is 0 Å². The monoisotopic (exact) mass is 398 g/mol. The number of allylic oxidation sites excluding steroid dienone is 2. The quantitative estimate of drug-likeness (QED) is 0.243. The predicted molar refractivity (Wildman–Crippen MR) is 118 cm³/mol. The summed E-state index contributed by atoms with van der Waals surface area (Å²) in [6.45, 7) is 8.01. The van der Waals surface area contributed by atoms with E-state index >= 15 is 0 Å². The van der Waals surface area contributed by atoms with Gasteiger partial charge in [-0.15, -0.1) is 0 Å². The number of benzene rings is 2. The van der Waals surface area contributed by atoms with Gasteiger partial charge in [0.2, 0.25) is 0 Å². The van der Waals surface area contributed by atoms with Crippen molar-refractivity contribution >= 4 is 10.8 Å². The lowest BCUT2D eigenvalue weighted by Crippen LogP contribution is -2.13. The van der Waals surface area contributed by atoms with Crippen molar-refractivity contribution in [1.82, 2.24) is 0 Å². The van der Waals surface area contributed by atoms with Crippen LogP contribution in [0.25, 0.3) is 10.8 Å². The minimum atomic E-state index is 0.263. The zero-order chi connectivity index (χ0) is 20.5. The van der Waals surface area contributed by atoms with E-state index in [1.165, 1.54) is 36.0 Å². The second kappa shape index (κ2) is 11.2. The van der Waals surface area contributed by atoms with Crippen LogP contribution in [-0.4, -0.2) is 26.8 Å². The molecule has 1 aliphatic rings. The molecule has 0 saturated heterocycles. The molecule has 2 aromatic rings. The maximum absolute atomic E-state index is 6.18. The van der Waals surface area contributed by atoms with Crippen molar-refractivity contribution in [2.75, 3.05) is 26.8 Å². The summed E-state index contributed by atoms with van der Waals surface area (Å²) in [6, 6.07) is 8.31. The summed E-state index contributed by atoms with van der Waals surface area (Å²) in [6.07, 6.45) is 9.08. The van der Waals surface area contributed by atoms with E-state index < -0.39 is 0 Å². The summed E-state index contributed by atoms with van der Waals surface area (Å²) >= 11 is 0. The van der Waals surface area contributed by atoms with E-state index in [0.29, 0.717) is 13.2 Å². The highest BCUT2D eigenvalue weighted by Crippen LogP contribution is 2.44. The molecule has 0 amide bonds. The molecule has 158 valence electrons. The van der Waals surface area contributed by atoms with E-state index in [1.807, 2.05) is 19.9 Å². The van der Waals surface area contributed by atoms with Crippen molar-refractivity contribution in [2.24, 2.45) is 0 Å². The molecule has 0 bridgehead atoms. The number of fused-ring (bicyclic) bond motifs is 2. The van der Waals surface area contributed by atoms with Crippen LogP contribution in [0.4, 0.5) is 0 Å². The predicted octanol–water partition coefficient (Wildman–Crippen LogP) is 6.19. The number of hydrogen-bond acceptors (Lipinski definition) is 4. The van der Waals surface area contributed by atoms with Crippen molar-refractivity contribution in [1.29, 1.82) is 0 Å². The average Bonchev–Trinajstić information content (AvgIpc) is 2.75. The minimum Gasteiger partial charge on any atom is -0.467 e. The van der Waals surface area contributed by atoms with Gasteiger partial charge in [0.25, 0.3) is 0 Å². The highest BCUT2D eigenvalue weighted by Gasteiger charge is 2.24. The fourth-order valence-corrected chi connectivity index (χ4v) is 3.92. The first-order chi connectivity index (χ1) is 14.3. The van der Waals surface area contributed by atoms with E-state index in [-0.39, 0.29) is 13.6 Å². The molecule has 3 rings (SSSR count). The highest BCUT2D eigenvalue weighted by atomic mass is 16.7. The van der Waals surface area contributed by atoms with Crippen LogP contribution in [0.5, 0.6) is 11.5 Å². The van der Waals surface area contributed by atoms with Crippen LogP contribution < -0.4 is 9.47 Å². The SMILES string of the molecule is CCCCCC1=CCc2c(c(OCOCC)c3ccccc3c2OCOCC)C1. The van der Waals surface area contributed by atoms with Crippen molar-refractivity contribution in [3.8, 4) is 11.5 Å². The van der Waals surface area contributed by atoms with E-state index in [1.54, 1.807) is 0 Å². The van der Waals surface area contributed by atoms with Crippen LogP contribution in [0.3, 0.4) is 0 Å². The van der Waals surface area contributed by atoms with Gasteiger partial charge in [0.15, 0.2) is 13.6 Å². The third-order valence-corrected chi connectivity index (χ3v) is 5.41. The molecule has 0 aromatic heterocycles. The lowest BCUT2D eigenvalue weighted by molar-refractivity contribution is 0.0205. The van der Waals surface area contributed by atoms with Gasteiger partial charge >= 0.3 is 0 Å². The summed E-state index contributed by atoms with van der Waals surface area (Å²) in [4.78, 5) is 0. The Kier molecular flexibility index (Phi) is 8.38. The van der Waals surface area contributed by atoms with E-state index in [2.05, 4.69) is 31.2 Å². The second-order valence-corrected chi connectivity index (χ2v) is 7.37. The first kappa shape index (κ1) is 21.7. The lowest BCUT2D eigenvalue weighted by Gasteiger charge is -2.25. The molecule has 4 nitrogen and oxygen atoms in total. The Hall–Kier alpha value is -2.04. The van der Waals surface area contributed by atoms with Gasteiger partial charge in [-0.05, 0) is 39.5 Å². The summed E-state index contributed by atoms with van der Waals surface area (Å²) < 4.78 is 23.3. The second-order valence-electron chi connectivity index (χ2n) is 7.37. The van der Waals surface area contributed by atoms with Crippen molar-refractivity contribution in [3.63, 3.8) is 0 Å². The van der Waals surface area contributed by atoms with Gasteiger partial charge in [-0.25, -0.2) is 0 Å². The third-order valence-electron chi connectivity index (χ3n) is 5.41. The van der Waals surface area contributed by atoms with E-state index in [4.69, 9.17) is 18.9 Å². The Balaban J connectivity index is 2.01. The third kappa shape index (κ3) is 5.31. The highest BCUT2D eigenvalue weighted by molar-refractivity contribution is 5.96. The molecule has 2 aromatic carbocycles. The topological polar surface area (TPSA) is 36.9 Å². The van der Waals surface area contributed by atoms with Crippen LogP contribution in [-0.2, 0) is 22.3 Å². The van der Waals surface area contributed by atoms with Gasteiger partial charge in [0.05, 0.1) is 0 Å². The normalized spacial score (nSPS) is 13.3. The number of ether oxygens (including phenoxy) is 4. The lowest BCUT2D eigenvalue weighted by atomic mass is 9.85.